The first-order chi connectivity index (χ1) is 13.4. The minimum Gasteiger partial charge on any atom is -0.299 e. The lowest BCUT2D eigenvalue weighted by Gasteiger charge is -2.13. The van der Waals surface area contributed by atoms with Gasteiger partial charge in [0.2, 0.25) is 0 Å². The molecule has 0 bridgehead atoms. The molecule has 0 saturated heterocycles. The van der Waals surface area contributed by atoms with Gasteiger partial charge in [-0.25, -0.2) is 0 Å². The number of carbonyl (C=O) groups excluding carboxylic acids is 1. The lowest BCUT2D eigenvalue weighted by molar-refractivity contribution is -0.122. The number of aryl methyl sites for hydroxylation is 2. The van der Waals surface area contributed by atoms with Crippen LogP contribution in [-0.2, 0) is 4.79 Å². The van der Waals surface area contributed by atoms with Crippen LogP contribution in [0.15, 0.2) is 35.3 Å². The Labute approximate surface area is 169 Å². The Morgan fingerprint density at radius 1 is 1.14 bits per heavy atom. The second-order valence-corrected chi connectivity index (χ2v) is 8.79. The molecular weight excluding hydrogens is 368 g/mol. The Morgan fingerprint density at radius 2 is 1.86 bits per heavy atom. The van der Waals surface area contributed by atoms with Crippen molar-refractivity contribution >= 4 is 22.8 Å². The summed E-state index contributed by atoms with van der Waals surface area (Å²) >= 11 is 1.73. The van der Waals surface area contributed by atoms with Crippen LogP contribution in [0.3, 0.4) is 0 Å². The average Bonchev–Trinajstić information content (AvgIpc) is 3.14. The highest BCUT2D eigenvalue weighted by atomic mass is 32.1. The first-order valence-corrected chi connectivity index (χ1v) is 10.4. The second kappa shape index (κ2) is 7.09. The molecule has 2 aromatic heterocycles. The van der Waals surface area contributed by atoms with Gasteiger partial charge in [-0.2, -0.15) is 0 Å². The summed E-state index contributed by atoms with van der Waals surface area (Å²) in [6.45, 7) is 10.1. The van der Waals surface area contributed by atoms with Gasteiger partial charge in [0.15, 0.2) is 5.82 Å². The van der Waals surface area contributed by atoms with Crippen molar-refractivity contribution in [1.29, 1.82) is 0 Å². The Morgan fingerprint density at radius 3 is 2.54 bits per heavy atom. The maximum absolute atomic E-state index is 12.6. The van der Waals surface area contributed by atoms with E-state index in [1.807, 2.05) is 39.0 Å². The summed E-state index contributed by atoms with van der Waals surface area (Å²) in [5.41, 5.74) is 4.33. The van der Waals surface area contributed by atoms with E-state index in [4.69, 9.17) is 4.99 Å². The molecule has 4 rings (SSSR count). The Hall–Kier alpha value is -2.60. The van der Waals surface area contributed by atoms with Crippen molar-refractivity contribution < 1.29 is 4.79 Å². The zero-order valence-electron chi connectivity index (χ0n) is 16.9. The lowest BCUT2D eigenvalue weighted by Crippen LogP contribution is -2.14. The smallest absolute Gasteiger partial charge is 0.163 e. The maximum atomic E-state index is 12.6. The van der Waals surface area contributed by atoms with Crippen LogP contribution in [-0.4, -0.2) is 26.3 Å². The molecule has 1 atom stereocenters. The van der Waals surface area contributed by atoms with E-state index in [2.05, 4.69) is 40.7 Å². The summed E-state index contributed by atoms with van der Waals surface area (Å²) in [6.07, 6.45) is 0.332. The summed E-state index contributed by atoms with van der Waals surface area (Å²) in [5.74, 6) is 1.73. The fraction of sp³-hybridized carbons (Fsp3) is 0.364. The minimum absolute atomic E-state index is 0.0332. The van der Waals surface area contributed by atoms with Crippen LogP contribution in [0.5, 0.6) is 0 Å². The van der Waals surface area contributed by atoms with E-state index in [0.717, 1.165) is 33.5 Å². The predicted molar refractivity (Wildman–Crippen MR) is 113 cm³/mol. The number of ketones is 1. The van der Waals surface area contributed by atoms with Crippen LogP contribution in [0.1, 0.15) is 59.5 Å². The summed E-state index contributed by atoms with van der Waals surface area (Å²) in [4.78, 5) is 19.0. The summed E-state index contributed by atoms with van der Waals surface area (Å²) < 4.78 is 2.09. The molecule has 1 aliphatic rings. The number of benzene rings is 1. The van der Waals surface area contributed by atoms with Gasteiger partial charge in [0, 0.05) is 28.3 Å². The van der Waals surface area contributed by atoms with Crippen molar-refractivity contribution in [2.24, 2.45) is 10.9 Å². The first-order valence-electron chi connectivity index (χ1n) is 9.57. The fourth-order valence-electron chi connectivity index (χ4n) is 3.55. The number of fused-ring (bicyclic) bond motifs is 3. The first kappa shape index (κ1) is 18.7. The molecular formula is C22H24N4OS. The van der Waals surface area contributed by atoms with Crippen LogP contribution >= 0.6 is 11.3 Å². The number of thiophene rings is 1. The third kappa shape index (κ3) is 3.02. The van der Waals surface area contributed by atoms with Crippen molar-refractivity contribution in [2.75, 3.05) is 0 Å². The normalized spacial score (nSPS) is 15.8. The van der Waals surface area contributed by atoms with E-state index in [9.17, 15) is 4.79 Å². The Bertz CT molecular complexity index is 1080. The topological polar surface area (TPSA) is 60.1 Å². The lowest BCUT2D eigenvalue weighted by atomic mass is 9.99. The van der Waals surface area contributed by atoms with Gasteiger partial charge < -0.3 is 0 Å². The number of hydrogen-bond donors (Lipinski definition) is 0. The molecule has 0 saturated carbocycles. The van der Waals surface area contributed by atoms with E-state index >= 15 is 0 Å². The Balaban J connectivity index is 1.99. The van der Waals surface area contributed by atoms with Gasteiger partial charge in [0.25, 0.3) is 0 Å². The monoisotopic (exact) mass is 392 g/mol. The van der Waals surface area contributed by atoms with E-state index in [-0.39, 0.29) is 17.7 Å². The largest absolute Gasteiger partial charge is 0.299 e. The molecule has 6 heteroatoms. The molecule has 0 radical (unpaired) electrons. The third-order valence-electron chi connectivity index (χ3n) is 5.33. The van der Waals surface area contributed by atoms with Crippen molar-refractivity contribution in [3.63, 3.8) is 0 Å². The second-order valence-electron chi connectivity index (χ2n) is 7.59. The molecule has 28 heavy (non-hydrogen) atoms. The highest BCUT2D eigenvalue weighted by Gasteiger charge is 2.32. The van der Waals surface area contributed by atoms with Crippen LogP contribution in [0.25, 0.3) is 5.00 Å². The molecule has 1 aliphatic heterocycles. The van der Waals surface area contributed by atoms with Crippen molar-refractivity contribution in [3.05, 3.63) is 63.5 Å². The molecule has 0 aliphatic carbocycles. The van der Waals surface area contributed by atoms with Gasteiger partial charge in [-0.3, -0.25) is 14.4 Å². The van der Waals surface area contributed by atoms with Gasteiger partial charge in [-0.15, -0.1) is 21.5 Å². The van der Waals surface area contributed by atoms with E-state index in [1.165, 1.54) is 10.4 Å². The number of hydrogen-bond acceptors (Lipinski definition) is 5. The molecule has 3 heterocycles. The van der Waals surface area contributed by atoms with Crippen molar-refractivity contribution in [3.8, 4) is 5.00 Å². The van der Waals surface area contributed by atoms with Gasteiger partial charge in [-0.05, 0) is 26.3 Å². The number of Topliss-reactive ketones (excluding diaryl/α,β-unsaturated/α-hetero) is 1. The molecule has 0 fully saturated rings. The van der Waals surface area contributed by atoms with E-state index in [1.54, 1.807) is 11.3 Å². The van der Waals surface area contributed by atoms with Gasteiger partial charge >= 0.3 is 0 Å². The van der Waals surface area contributed by atoms with Crippen molar-refractivity contribution in [1.82, 2.24) is 14.8 Å². The summed E-state index contributed by atoms with van der Waals surface area (Å²) in [6, 6.07) is 9.87. The SMILES string of the molecule is Cc1sc2c(c1C)C(c1ccccc1)=N[C@@H](CC(=O)C(C)C)c1nnc(C)n1-2. The molecule has 0 unspecified atom stereocenters. The van der Waals surface area contributed by atoms with Gasteiger partial charge in [0.05, 0.1) is 5.71 Å². The highest BCUT2D eigenvalue weighted by molar-refractivity contribution is 7.15. The fourth-order valence-corrected chi connectivity index (χ4v) is 4.76. The zero-order valence-corrected chi connectivity index (χ0v) is 17.7. The standard InChI is InChI=1S/C22H24N4OS/c1-12(2)18(27)11-17-21-25-24-15(5)26(21)22-19(13(3)14(4)28-22)20(23-17)16-9-7-6-8-10-16/h6-10,12,17H,11H2,1-5H3/t17-/m0/s1. The highest BCUT2D eigenvalue weighted by Crippen LogP contribution is 2.39. The molecule has 0 amide bonds. The molecule has 1 aromatic carbocycles. The summed E-state index contributed by atoms with van der Waals surface area (Å²) in [5, 5.41) is 9.85. The summed E-state index contributed by atoms with van der Waals surface area (Å²) in [7, 11) is 0. The molecule has 144 valence electrons. The number of carbonyl (C=O) groups is 1. The van der Waals surface area contributed by atoms with Gasteiger partial charge in [0.1, 0.15) is 22.7 Å². The molecule has 5 nitrogen and oxygen atoms in total. The van der Waals surface area contributed by atoms with E-state index < -0.39 is 0 Å². The van der Waals surface area contributed by atoms with E-state index in [0.29, 0.717) is 6.42 Å². The van der Waals surface area contributed by atoms with Crippen LogP contribution in [0.4, 0.5) is 0 Å². The third-order valence-corrected chi connectivity index (χ3v) is 6.52. The maximum Gasteiger partial charge on any atom is 0.163 e. The molecule has 3 aromatic rings. The van der Waals surface area contributed by atoms with Crippen LogP contribution in [0, 0.1) is 26.7 Å². The van der Waals surface area contributed by atoms with Gasteiger partial charge in [-0.1, -0.05) is 44.2 Å². The van der Waals surface area contributed by atoms with Crippen LogP contribution in [0.2, 0.25) is 0 Å². The minimum atomic E-state index is -0.342. The number of aromatic nitrogens is 3. The average molecular weight is 393 g/mol. The van der Waals surface area contributed by atoms with Crippen LogP contribution < -0.4 is 0 Å². The predicted octanol–water partition coefficient (Wildman–Crippen LogP) is 4.76. The quantitative estimate of drug-likeness (QED) is 0.643. The molecule has 0 N–H and O–H groups in total. The zero-order chi connectivity index (χ0) is 20.0. The van der Waals surface area contributed by atoms with Crippen molar-refractivity contribution in [2.45, 2.75) is 47.1 Å². The number of aliphatic imine (C=N–C) groups is 1. The number of rotatable bonds is 4. The Kier molecular flexibility index (Phi) is 4.75. The molecule has 0 spiro atoms. The number of nitrogens with zero attached hydrogens (tertiary/aromatic N) is 4.